The molecular weight excluding hydrogens is 240 g/mol. The van der Waals surface area contributed by atoms with Crippen molar-refractivity contribution in [3.63, 3.8) is 0 Å². The highest BCUT2D eigenvalue weighted by molar-refractivity contribution is 6.39. The quantitative estimate of drug-likeness (QED) is 0.833. The van der Waals surface area contributed by atoms with Crippen LogP contribution in [0.15, 0.2) is 24.3 Å². The van der Waals surface area contributed by atoms with Crippen molar-refractivity contribution >= 4 is 17.5 Å². The third-order valence-corrected chi connectivity index (χ3v) is 2.87. The van der Waals surface area contributed by atoms with Crippen molar-refractivity contribution < 1.29 is 9.59 Å². The molecule has 0 spiro atoms. The van der Waals surface area contributed by atoms with E-state index in [1.165, 1.54) is 0 Å². The van der Waals surface area contributed by atoms with Crippen molar-refractivity contribution in [2.24, 2.45) is 0 Å². The molecule has 2 amide bonds. The molecule has 19 heavy (non-hydrogen) atoms. The molecular formula is C15H22N2O2. The van der Waals surface area contributed by atoms with E-state index in [2.05, 4.69) is 5.32 Å². The summed E-state index contributed by atoms with van der Waals surface area (Å²) in [6.45, 7) is 10.1. The summed E-state index contributed by atoms with van der Waals surface area (Å²) in [7, 11) is 0. The highest BCUT2D eigenvalue weighted by atomic mass is 16.2. The van der Waals surface area contributed by atoms with Gasteiger partial charge in [0.25, 0.3) is 0 Å². The summed E-state index contributed by atoms with van der Waals surface area (Å²) in [5, 5.41) is 2.63. The molecule has 0 aliphatic carbocycles. The fourth-order valence-corrected chi connectivity index (χ4v) is 1.87. The fourth-order valence-electron chi connectivity index (χ4n) is 1.87. The highest BCUT2D eigenvalue weighted by Gasteiger charge is 2.29. The van der Waals surface area contributed by atoms with Crippen molar-refractivity contribution in [2.75, 3.05) is 11.9 Å². The normalized spacial score (nSPS) is 11.0. The van der Waals surface area contributed by atoms with Gasteiger partial charge >= 0.3 is 11.8 Å². The number of anilines is 1. The Labute approximate surface area is 114 Å². The van der Waals surface area contributed by atoms with Gasteiger partial charge in [0.2, 0.25) is 0 Å². The maximum atomic E-state index is 12.1. The molecule has 0 saturated heterocycles. The molecule has 1 rings (SSSR count). The van der Waals surface area contributed by atoms with Crippen LogP contribution < -0.4 is 5.32 Å². The number of likely N-dealkylation sites (N-methyl/N-ethyl adjacent to an activating group) is 1. The number of amides is 2. The van der Waals surface area contributed by atoms with E-state index in [4.69, 9.17) is 0 Å². The largest absolute Gasteiger partial charge is 0.330 e. The van der Waals surface area contributed by atoms with Gasteiger partial charge in [0.05, 0.1) is 0 Å². The molecule has 1 N–H and O–H groups in total. The Hall–Kier alpha value is -1.84. The van der Waals surface area contributed by atoms with Gasteiger partial charge in [-0.1, -0.05) is 17.7 Å². The Morgan fingerprint density at radius 2 is 1.68 bits per heavy atom. The lowest BCUT2D eigenvalue weighted by Crippen LogP contribution is -2.49. The number of aryl methyl sites for hydroxylation is 1. The molecule has 0 aromatic heterocycles. The zero-order chi connectivity index (χ0) is 14.6. The molecule has 4 nitrogen and oxygen atoms in total. The number of carbonyl (C=O) groups excluding carboxylic acids is 2. The standard InChI is InChI=1S/C15H22N2O2/c1-6-17(15(3,4)5)14(19)13(18)16-12-9-7-11(2)8-10-12/h7-10H,6H2,1-5H3,(H,16,18). The first-order chi connectivity index (χ1) is 8.75. The molecule has 0 atom stereocenters. The molecule has 104 valence electrons. The summed E-state index contributed by atoms with van der Waals surface area (Å²) >= 11 is 0. The molecule has 1 aromatic rings. The summed E-state index contributed by atoms with van der Waals surface area (Å²) in [5.41, 5.74) is 1.37. The topological polar surface area (TPSA) is 49.4 Å². The minimum atomic E-state index is -0.597. The van der Waals surface area contributed by atoms with Crippen LogP contribution in [0.2, 0.25) is 0 Å². The zero-order valence-electron chi connectivity index (χ0n) is 12.3. The van der Waals surface area contributed by atoms with Crippen LogP contribution in [-0.2, 0) is 9.59 Å². The van der Waals surface area contributed by atoms with Crippen LogP contribution >= 0.6 is 0 Å². The van der Waals surface area contributed by atoms with Crippen molar-refractivity contribution in [2.45, 2.75) is 40.2 Å². The predicted octanol–water partition coefficient (Wildman–Crippen LogP) is 2.58. The van der Waals surface area contributed by atoms with Gasteiger partial charge in [0.1, 0.15) is 0 Å². The van der Waals surface area contributed by atoms with Gasteiger partial charge in [-0.25, -0.2) is 0 Å². The lowest BCUT2D eigenvalue weighted by atomic mass is 10.1. The number of benzene rings is 1. The van der Waals surface area contributed by atoms with Gasteiger partial charge in [-0.3, -0.25) is 9.59 Å². The monoisotopic (exact) mass is 262 g/mol. The van der Waals surface area contributed by atoms with E-state index in [1.54, 1.807) is 17.0 Å². The van der Waals surface area contributed by atoms with Crippen LogP contribution in [-0.4, -0.2) is 28.8 Å². The van der Waals surface area contributed by atoms with Gasteiger partial charge in [-0.15, -0.1) is 0 Å². The lowest BCUT2D eigenvalue weighted by Gasteiger charge is -2.34. The molecule has 1 aromatic carbocycles. The number of carbonyl (C=O) groups is 2. The summed E-state index contributed by atoms with van der Waals surface area (Å²) in [6, 6.07) is 7.35. The van der Waals surface area contributed by atoms with E-state index in [0.29, 0.717) is 12.2 Å². The lowest BCUT2D eigenvalue weighted by molar-refractivity contribution is -0.146. The molecule has 0 bridgehead atoms. The Morgan fingerprint density at radius 3 is 2.11 bits per heavy atom. The molecule has 4 heteroatoms. The second-order valence-electron chi connectivity index (χ2n) is 5.54. The van der Waals surface area contributed by atoms with Crippen LogP contribution in [0.25, 0.3) is 0 Å². The fraction of sp³-hybridized carbons (Fsp3) is 0.467. The second kappa shape index (κ2) is 5.87. The molecule has 0 unspecified atom stereocenters. The SMILES string of the molecule is CCN(C(=O)C(=O)Nc1ccc(C)cc1)C(C)(C)C. The number of rotatable bonds is 2. The van der Waals surface area contributed by atoms with E-state index in [1.807, 2.05) is 46.8 Å². The second-order valence-corrected chi connectivity index (χ2v) is 5.54. The number of hydrogen-bond acceptors (Lipinski definition) is 2. The first kappa shape index (κ1) is 15.2. The molecule has 0 heterocycles. The number of nitrogens with one attached hydrogen (secondary N) is 1. The smallest absolute Gasteiger partial charge is 0.313 e. The maximum Gasteiger partial charge on any atom is 0.313 e. The summed E-state index contributed by atoms with van der Waals surface area (Å²) in [5.74, 6) is -1.10. The third kappa shape index (κ3) is 4.09. The molecule has 0 fully saturated rings. The van der Waals surface area contributed by atoms with Gasteiger partial charge in [0.15, 0.2) is 0 Å². The van der Waals surface area contributed by atoms with E-state index in [0.717, 1.165) is 5.56 Å². The molecule has 0 radical (unpaired) electrons. The summed E-state index contributed by atoms with van der Waals surface area (Å²) < 4.78 is 0. The predicted molar refractivity (Wildman–Crippen MR) is 76.9 cm³/mol. The molecule has 0 aliphatic rings. The summed E-state index contributed by atoms with van der Waals surface area (Å²) in [6.07, 6.45) is 0. The minimum absolute atomic E-state index is 0.365. The number of hydrogen-bond donors (Lipinski definition) is 1. The minimum Gasteiger partial charge on any atom is -0.330 e. The van der Waals surface area contributed by atoms with E-state index in [9.17, 15) is 9.59 Å². The average Bonchev–Trinajstić information content (AvgIpc) is 2.31. The Balaban J connectivity index is 2.77. The first-order valence-electron chi connectivity index (χ1n) is 6.45. The Morgan fingerprint density at radius 1 is 1.16 bits per heavy atom. The van der Waals surface area contributed by atoms with Gasteiger partial charge in [-0.2, -0.15) is 0 Å². The molecule has 0 saturated carbocycles. The van der Waals surface area contributed by atoms with E-state index in [-0.39, 0.29) is 5.54 Å². The van der Waals surface area contributed by atoms with Crippen molar-refractivity contribution in [1.82, 2.24) is 4.90 Å². The van der Waals surface area contributed by atoms with Crippen molar-refractivity contribution in [3.8, 4) is 0 Å². The van der Waals surface area contributed by atoms with Crippen LogP contribution in [0, 0.1) is 6.92 Å². The maximum absolute atomic E-state index is 12.1. The highest BCUT2D eigenvalue weighted by Crippen LogP contribution is 2.14. The first-order valence-corrected chi connectivity index (χ1v) is 6.45. The van der Waals surface area contributed by atoms with Crippen molar-refractivity contribution in [1.29, 1.82) is 0 Å². The van der Waals surface area contributed by atoms with Crippen LogP contribution in [0.3, 0.4) is 0 Å². The molecule has 0 aliphatic heterocycles. The number of nitrogens with zero attached hydrogens (tertiary/aromatic N) is 1. The van der Waals surface area contributed by atoms with Gasteiger partial charge < -0.3 is 10.2 Å². The third-order valence-electron chi connectivity index (χ3n) is 2.87. The van der Waals surface area contributed by atoms with Gasteiger partial charge in [0, 0.05) is 17.8 Å². The summed E-state index contributed by atoms with van der Waals surface area (Å²) in [4.78, 5) is 25.6. The Kier molecular flexibility index (Phi) is 4.70. The van der Waals surface area contributed by atoms with E-state index >= 15 is 0 Å². The average molecular weight is 262 g/mol. The van der Waals surface area contributed by atoms with Crippen LogP contribution in [0.4, 0.5) is 5.69 Å². The zero-order valence-corrected chi connectivity index (χ0v) is 12.3. The Bertz CT molecular complexity index is 458. The van der Waals surface area contributed by atoms with Crippen LogP contribution in [0.5, 0.6) is 0 Å². The van der Waals surface area contributed by atoms with Gasteiger partial charge in [-0.05, 0) is 46.8 Å². The van der Waals surface area contributed by atoms with Crippen LogP contribution in [0.1, 0.15) is 33.3 Å². The van der Waals surface area contributed by atoms with E-state index < -0.39 is 11.8 Å². The van der Waals surface area contributed by atoms with Crippen molar-refractivity contribution in [3.05, 3.63) is 29.8 Å².